The summed E-state index contributed by atoms with van der Waals surface area (Å²) in [5, 5.41) is 16.6. The van der Waals surface area contributed by atoms with Gasteiger partial charge in [-0.15, -0.1) is 0 Å². The van der Waals surface area contributed by atoms with Gasteiger partial charge in [-0.1, -0.05) is 13.8 Å². The summed E-state index contributed by atoms with van der Waals surface area (Å²) in [7, 11) is 0. The second kappa shape index (κ2) is 8.86. The van der Waals surface area contributed by atoms with Gasteiger partial charge in [-0.2, -0.15) is 4.98 Å². The molecule has 0 aliphatic heterocycles. The van der Waals surface area contributed by atoms with Crippen molar-refractivity contribution in [3.05, 3.63) is 16.7 Å². The fourth-order valence-corrected chi connectivity index (χ4v) is 1.64. The van der Waals surface area contributed by atoms with Crippen molar-refractivity contribution in [1.29, 1.82) is 0 Å². The van der Waals surface area contributed by atoms with Crippen LogP contribution in [0.4, 0.5) is 5.95 Å². The lowest BCUT2D eigenvalue weighted by Crippen LogP contribution is -2.13. The van der Waals surface area contributed by atoms with E-state index in [2.05, 4.69) is 15.0 Å². The summed E-state index contributed by atoms with van der Waals surface area (Å²) in [4.78, 5) is 31.4. The molecule has 0 fully saturated rings. The van der Waals surface area contributed by atoms with Gasteiger partial charge in [0.1, 0.15) is 6.73 Å². The number of aliphatic carboxylic acids is 1. The minimum atomic E-state index is -0.713. The lowest BCUT2D eigenvalue weighted by Gasteiger charge is -2.03. The number of aliphatic hydroxyl groups is 1. The number of hydrogen-bond donors (Lipinski definition) is 4. The van der Waals surface area contributed by atoms with Gasteiger partial charge >= 0.3 is 5.97 Å². The first-order chi connectivity index (χ1) is 10.8. The third-order valence-corrected chi connectivity index (χ3v) is 2.54. The Morgan fingerprint density at radius 3 is 2.74 bits per heavy atom. The number of carboxylic acid groups (broad SMARTS) is 1. The Morgan fingerprint density at radius 2 is 2.22 bits per heavy atom. The topological polar surface area (TPSA) is 156 Å². The Kier molecular flexibility index (Phi) is 7.16. The number of nitrogens with two attached hydrogens (primary N) is 1. The number of ether oxygens (including phenoxy) is 1. The van der Waals surface area contributed by atoms with E-state index in [1.165, 1.54) is 10.9 Å². The van der Waals surface area contributed by atoms with Crippen molar-refractivity contribution in [3.8, 4) is 0 Å². The number of carboxylic acids is 1. The smallest absolute Gasteiger partial charge is 0.303 e. The number of aliphatic hydroxyl groups excluding tert-OH is 1. The number of rotatable bonds is 6. The van der Waals surface area contributed by atoms with Crippen molar-refractivity contribution >= 4 is 23.1 Å². The maximum absolute atomic E-state index is 11.4. The highest BCUT2D eigenvalue weighted by atomic mass is 16.5. The third-order valence-electron chi connectivity index (χ3n) is 2.54. The number of aromatic amines is 1. The number of nitrogens with one attached hydrogen (secondary N) is 1. The molecule has 0 unspecified atom stereocenters. The molecule has 0 amide bonds. The molecule has 0 atom stereocenters. The highest BCUT2D eigenvalue weighted by molar-refractivity contribution is 5.70. The fourth-order valence-electron chi connectivity index (χ4n) is 1.64. The minimum absolute atomic E-state index is 0.0291. The Bertz CT molecular complexity index is 694. The van der Waals surface area contributed by atoms with Crippen LogP contribution in [0.5, 0.6) is 0 Å². The molecule has 2 heterocycles. The average molecular weight is 327 g/mol. The molecule has 0 aliphatic rings. The molecular formula is C13H21N5O5. The Hall–Kier alpha value is -2.46. The zero-order chi connectivity index (χ0) is 17.4. The van der Waals surface area contributed by atoms with Gasteiger partial charge in [0.05, 0.1) is 19.5 Å². The molecule has 0 aliphatic carbocycles. The standard InChI is InChI=1S/C8H11N5O3.C5H10O2/c9-8-11-6-5(7(15)12-8)10-3-13(6)4-16-2-1-14;1-4(2)3-5(6)7/h3,14H,1-2,4H2,(H3,9,11,12,15);4H,3H2,1-2H3,(H,6,7). The molecule has 23 heavy (non-hydrogen) atoms. The SMILES string of the molecule is CC(C)CC(=O)O.Nc1nc2c(ncn2COCCO)c(=O)[nH]1. The lowest BCUT2D eigenvalue weighted by molar-refractivity contribution is -0.137. The van der Waals surface area contributed by atoms with Crippen LogP contribution in [0, 0.1) is 5.92 Å². The molecular weight excluding hydrogens is 306 g/mol. The number of H-pyrrole nitrogens is 1. The highest BCUT2D eigenvalue weighted by Crippen LogP contribution is 2.06. The van der Waals surface area contributed by atoms with E-state index in [4.69, 9.17) is 20.7 Å². The van der Waals surface area contributed by atoms with E-state index in [1.54, 1.807) is 0 Å². The zero-order valence-corrected chi connectivity index (χ0v) is 13.0. The number of anilines is 1. The zero-order valence-electron chi connectivity index (χ0n) is 13.0. The van der Waals surface area contributed by atoms with Crippen molar-refractivity contribution in [2.45, 2.75) is 27.0 Å². The van der Waals surface area contributed by atoms with Crippen LogP contribution in [0.3, 0.4) is 0 Å². The first-order valence-corrected chi connectivity index (χ1v) is 6.96. The predicted octanol–water partition coefficient (Wildman–Crippen LogP) is -0.215. The largest absolute Gasteiger partial charge is 0.481 e. The van der Waals surface area contributed by atoms with Crippen LogP contribution in [0.25, 0.3) is 11.2 Å². The molecule has 2 aromatic heterocycles. The number of nitrogens with zero attached hydrogens (tertiary/aromatic N) is 3. The summed E-state index contributed by atoms with van der Waals surface area (Å²) in [6.45, 7) is 4.07. The summed E-state index contributed by atoms with van der Waals surface area (Å²) < 4.78 is 6.63. The molecule has 0 aromatic carbocycles. The van der Waals surface area contributed by atoms with Crippen molar-refractivity contribution in [2.75, 3.05) is 18.9 Å². The molecule has 5 N–H and O–H groups in total. The van der Waals surface area contributed by atoms with E-state index >= 15 is 0 Å². The summed E-state index contributed by atoms with van der Waals surface area (Å²) in [6.07, 6.45) is 1.71. The molecule has 128 valence electrons. The lowest BCUT2D eigenvalue weighted by atomic mass is 10.1. The first-order valence-electron chi connectivity index (χ1n) is 6.96. The molecule has 0 bridgehead atoms. The van der Waals surface area contributed by atoms with Gasteiger partial charge in [0.2, 0.25) is 5.95 Å². The normalized spacial score (nSPS) is 10.6. The van der Waals surface area contributed by atoms with Gasteiger partial charge in [0.15, 0.2) is 11.2 Å². The van der Waals surface area contributed by atoms with Crippen molar-refractivity contribution in [1.82, 2.24) is 19.5 Å². The van der Waals surface area contributed by atoms with Gasteiger partial charge < -0.3 is 20.7 Å². The Labute approximate surface area is 131 Å². The van der Waals surface area contributed by atoms with Crippen molar-refractivity contribution in [3.63, 3.8) is 0 Å². The molecule has 2 aromatic rings. The second-order valence-electron chi connectivity index (χ2n) is 5.09. The number of nitrogen functional groups attached to an aromatic ring is 1. The maximum atomic E-state index is 11.4. The van der Waals surface area contributed by atoms with Gasteiger partial charge in [-0.05, 0) is 5.92 Å². The van der Waals surface area contributed by atoms with E-state index in [0.29, 0.717) is 5.65 Å². The quantitative estimate of drug-likeness (QED) is 0.531. The predicted molar refractivity (Wildman–Crippen MR) is 82.7 cm³/mol. The fraction of sp³-hybridized carbons (Fsp3) is 0.538. The van der Waals surface area contributed by atoms with Crippen LogP contribution in [0.15, 0.2) is 11.1 Å². The molecule has 2 rings (SSSR count). The van der Waals surface area contributed by atoms with Crippen LogP contribution in [0.2, 0.25) is 0 Å². The van der Waals surface area contributed by atoms with E-state index in [-0.39, 0.29) is 49.3 Å². The minimum Gasteiger partial charge on any atom is -0.481 e. The highest BCUT2D eigenvalue weighted by Gasteiger charge is 2.08. The van der Waals surface area contributed by atoms with Gasteiger partial charge in [-0.3, -0.25) is 19.1 Å². The molecule has 0 saturated carbocycles. The number of imidazole rings is 1. The number of fused-ring (bicyclic) bond motifs is 1. The maximum Gasteiger partial charge on any atom is 0.303 e. The molecule has 0 spiro atoms. The monoisotopic (exact) mass is 327 g/mol. The Balaban J connectivity index is 0.000000322. The van der Waals surface area contributed by atoms with Crippen molar-refractivity contribution in [2.24, 2.45) is 5.92 Å². The van der Waals surface area contributed by atoms with Gasteiger partial charge in [0.25, 0.3) is 5.56 Å². The van der Waals surface area contributed by atoms with Crippen LogP contribution < -0.4 is 11.3 Å². The Morgan fingerprint density at radius 1 is 1.52 bits per heavy atom. The van der Waals surface area contributed by atoms with Crippen LogP contribution in [-0.4, -0.2) is 48.9 Å². The van der Waals surface area contributed by atoms with Crippen molar-refractivity contribution < 1.29 is 19.7 Å². The van der Waals surface area contributed by atoms with Gasteiger partial charge in [-0.25, -0.2) is 4.98 Å². The number of aromatic nitrogens is 4. The van der Waals surface area contributed by atoms with E-state index in [1.807, 2.05) is 13.8 Å². The van der Waals surface area contributed by atoms with E-state index in [9.17, 15) is 9.59 Å². The molecule has 0 radical (unpaired) electrons. The number of carbonyl (C=O) groups is 1. The third kappa shape index (κ3) is 6.04. The second-order valence-corrected chi connectivity index (χ2v) is 5.09. The summed E-state index contributed by atoms with van der Waals surface area (Å²) >= 11 is 0. The van der Waals surface area contributed by atoms with Crippen LogP contribution in [-0.2, 0) is 16.3 Å². The number of hydrogen-bond acceptors (Lipinski definition) is 7. The molecule has 10 nitrogen and oxygen atoms in total. The first kappa shape index (κ1) is 18.6. The summed E-state index contributed by atoms with van der Waals surface area (Å²) in [5.41, 5.74) is 5.60. The molecule has 10 heteroatoms. The summed E-state index contributed by atoms with van der Waals surface area (Å²) in [5.74, 6) is -0.408. The van der Waals surface area contributed by atoms with Crippen LogP contribution in [0.1, 0.15) is 20.3 Å². The van der Waals surface area contributed by atoms with E-state index in [0.717, 1.165) is 0 Å². The van der Waals surface area contributed by atoms with Crippen LogP contribution >= 0.6 is 0 Å². The summed E-state index contributed by atoms with van der Waals surface area (Å²) in [6, 6.07) is 0. The molecule has 0 saturated heterocycles. The van der Waals surface area contributed by atoms with Gasteiger partial charge in [0, 0.05) is 6.42 Å². The average Bonchev–Trinajstić information content (AvgIpc) is 2.81. The van der Waals surface area contributed by atoms with E-state index < -0.39 is 5.97 Å².